The fourth-order valence-corrected chi connectivity index (χ4v) is 5.07. The molecule has 1 aliphatic rings. The van der Waals surface area contributed by atoms with E-state index in [-0.39, 0.29) is 11.5 Å². The zero-order valence-corrected chi connectivity index (χ0v) is 16.4. The zero-order valence-electron chi connectivity index (χ0n) is 14.8. The van der Waals surface area contributed by atoms with E-state index in [9.17, 15) is 9.59 Å². The smallest absolute Gasteiger partial charge is 0.259 e. The molecule has 7 heteroatoms. The summed E-state index contributed by atoms with van der Waals surface area (Å²) in [6.07, 6.45) is 5.40. The highest BCUT2D eigenvalue weighted by Gasteiger charge is 2.19. The number of aromatic amines is 1. The van der Waals surface area contributed by atoms with E-state index in [1.165, 1.54) is 28.6 Å². The Morgan fingerprint density at radius 1 is 1.36 bits per heavy atom. The average Bonchev–Trinajstić information content (AvgIpc) is 2.93. The minimum absolute atomic E-state index is 0.0265. The van der Waals surface area contributed by atoms with Crippen molar-refractivity contribution in [1.82, 2.24) is 15.3 Å². The van der Waals surface area contributed by atoms with Gasteiger partial charge in [0, 0.05) is 11.4 Å². The number of amides is 1. The van der Waals surface area contributed by atoms with Gasteiger partial charge in [-0.2, -0.15) is 0 Å². The molecule has 0 aromatic carbocycles. The highest BCUT2D eigenvalue weighted by atomic mass is 32.2. The summed E-state index contributed by atoms with van der Waals surface area (Å²) in [5, 5.41) is 3.72. The first-order valence-corrected chi connectivity index (χ1v) is 10.9. The van der Waals surface area contributed by atoms with E-state index in [0.717, 1.165) is 42.4 Å². The van der Waals surface area contributed by atoms with Crippen molar-refractivity contribution in [2.75, 3.05) is 12.3 Å². The number of H-pyrrole nitrogens is 1. The number of thioether (sulfide) groups is 1. The first kappa shape index (κ1) is 18.5. The number of hydrogen-bond donors (Lipinski definition) is 2. The molecule has 2 aromatic rings. The molecule has 2 heterocycles. The van der Waals surface area contributed by atoms with Gasteiger partial charge in [0.15, 0.2) is 0 Å². The minimum Gasteiger partial charge on any atom is -0.355 e. The van der Waals surface area contributed by atoms with Crippen LogP contribution in [0.15, 0.2) is 4.79 Å². The molecular weight excluding hydrogens is 354 g/mol. The van der Waals surface area contributed by atoms with Gasteiger partial charge in [-0.15, -0.1) is 23.1 Å². The van der Waals surface area contributed by atoms with Crippen LogP contribution in [0.3, 0.4) is 0 Å². The molecule has 0 bridgehead atoms. The van der Waals surface area contributed by atoms with Crippen molar-refractivity contribution in [3.05, 3.63) is 26.6 Å². The Morgan fingerprint density at radius 3 is 2.96 bits per heavy atom. The van der Waals surface area contributed by atoms with E-state index in [4.69, 9.17) is 0 Å². The van der Waals surface area contributed by atoms with E-state index < -0.39 is 0 Å². The third-order valence-electron chi connectivity index (χ3n) is 4.39. The third kappa shape index (κ3) is 4.64. The van der Waals surface area contributed by atoms with Gasteiger partial charge in [-0.1, -0.05) is 13.8 Å². The lowest BCUT2D eigenvalue weighted by atomic mass is 9.97. The minimum atomic E-state index is -0.0265. The number of hydrogen-bond acceptors (Lipinski definition) is 5. The lowest BCUT2D eigenvalue weighted by Gasteiger charge is -2.09. The first-order chi connectivity index (χ1) is 12.0. The Bertz CT molecular complexity index is 810. The summed E-state index contributed by atoms with van der Waals surface area (Å²) in [7, 11) is 0. The van der Waals surface area contributed by atoms with Gasteiger partial charge in [0.2, 0.25) is 5.91 Å². The van der Waals surface area contributed by atoms with Crippen molar-refractivity contribution >= 4 is 39.2 Å². The molecule has 0 fully saturated rings. The summed E-state index contributed by atoms with van der Waals surface area (Å²) in [4.78, 5) is 34.0. The van der Waals surface area contributed by atoms with Crippen LogP contribution in [0.1, 0.15) is 49.4 Å². The number of thiophene rings is 1. The van der Waals surface area contributed by atoms with Crippen LogP contribution in [0.5, 0.6) is 0 Å². The molecule has 2 aromatic heterocycles. The molecule has 25 heavy (non-hydrogen) atoms. The Labute approximate surface area is 156 Å². The van der Waals surface area contributed by atoms with Crippen molar-refractivity contribution in [2.45, 2.75) is 51.7 Å². The number of fused-ring (bicyclic) bond motifs is 3. The summed E-state index contributed by atoms with van der Waals surface area (Å²) < 4.78 is 0. The lowest BCUT2D eigenvalue weighted by Crippen LogP contribution is -2.27. The molecule has 0 spiro atoms. The van der Waals surface area contributed by atoms with Gasteiger partial charge in [0.1, 0.15) is 10.7 Å². The number of rotatable bonds is 7. The summed E-state index contributed by atoms with van der Waals surface area (Å²) in [5.41, 5.74) is 1.19. The van der Waals surface area contributed by atoms with E-state index in [1.807, 2.05) is 0 Å². The second kappa shape index (κ2) is 8.36. The zero-order chi connectivity index (χ0) is 17.8. The normalized spacial score (nSPS) is 14.0. The van der Waals surface area contributed by atoms with Crippen molar-refractivity contribution in [2.24, 2.45) is 5.92 Å². The molecule has 5 nitrogen and oxygen atoms in total. The molecule has 3 rings (SSSR count). The van der Waals surface area contributed by atoms with Crippen LogP contribution >= 0.6 is 23.1 Å². The molecule has 0 saturated heterocycles. The maximum absolute atomic E-state index is 12.5. The Kier molecular flexibility index (Phi) is 6.17. The number of carbonyl (C=O) groups excluding carboxylic acids is 1. The monoisotopic (exact) mass is 379 g/mol. The third-order valence-corrected chi connectivity index (χ3v) is 6.52. The molecular formula is C18H25N3O2S2. The predicted octanol–water partition coefficient (Wildman–Crippen LogP) is 3.26. The standard InChI is InChI=1S/C18H25N3O2S2/c1-11(2)7-8-19-15(22)10-24-9-14-20-17(23)16-12-5-3-4-6-13(12)25-18(16)21-14/h11H,3-10H2,1-2H3,(H,19,22)(H,20,21,23). The quantitative estimate of drug-likeness (QED) is 0.774. The highest BCUT2D eigenvalue weighted by molar-refractivity contribution is 7.99. The summed E-state index contributed by atoms with van der Waals surface area (Å²) in [5.74, 6) is 2.23. The number of aryl methyl sites for hydroxylation is 2. The SMILES string of the molecule is CC(C)CCNC(=O)CSCc1nc2sc3c(c2c(=O)[nH]1)CCCC3. The van der Waals surface area contributed by atoms with Crippen LogP contribution in [-0.4, -0.2) is 28.2 Å². The van der Waals surface area contributed by atoms with Crippen molar-refractivity contribution in [3.8, 4) is 0 Å². The van der Waals surface area contributed by atoms with Gasteiger partial charge in [-0.3, -0.25) is 9.59 Å². The molecule has 0 saturated carbocycles. The maximum Gasteiger partial charge on any atom is 0.259 e. The van der Waals surface area contributed by atoms with Gasteiger partial charge < -0.3 is 10.3 Å². The van der Waals surface area contributed by atoms with Crippen LogP contribution < -0.4 is 10.9 Å². The summed E-state index contributed by atoms with van der Waals surface area (Å²) in [6, 6.07) is 0. The molecule has 136 valence electrons. The average molecular weight is 380 g/mol. The van der Waals surface area contributed by atoms with Gasteiger partial charge in [-0.05, 0) is 43.6 Å². The van der Waals surface area contributed by atoms with Gasteiger partial charge in [-0.25, -0.2) is 4.98 Å². The molecule has 1 aliphatic carbocycles. The molecule has 0 radical (unpaired) electrons. The fourth-order valence-electron chi connectivity index (χ4n) is 3.07. The van der Waals surface area contributed by atoms with Crippen LogP contribution in [-0.2, 0) is 23.4 Å². The lowest BCUT2D eigenvalue weighted by molar-refractivity contribution is -0.118. The van der Waals surface area contributed by atoms with Crippen molar-refractivity contribution in [3.63, 3.8) is 0 Å². The van der Waals surface area contributed by atoms with Gasteiger partial charge in [0.25, 0.3) is 5.56 Å². The van der Waals surface area contributed by atoms with Crippen molar-refractivity contribution < 1.29 is 4.79 Å². The fraction of sp³-hybridized carbons (Fsp3) is 0.611. The highest BCUT2D eigenvalue weighted by Crippen LogP contribution is 2.33. The number of carbonyl (C=O) groups is 1. The molecule has 2 N–H and O–H groups in total. The molecule has 0 unspecified atom stereocenters. The topological polar surface area (TPSA) is 74.8 Å². The Balaban J connectivity index is 1.59. The first-order valence-electron chi connectivity index (χ1n) is 8.92. The van der Waals surface area contributed by atoms with Crippen LogP contribution in [0.4, 0.5) is 0 Å². The largest absolute Gasteiger partial charge is 0.355 e. The predicted molar refractivity (Wildman–Crippen MR) is 106 cm³/mol. The molecule has 0 atom stereocenters. The van der Waals surface area contributed by atoms with Gasteiger partial charge >= 0.3 is 0 Å². The van der Waals surface area contributed by atoms with E-state index >= 15 is 0 Å². The Hall–Kier alpha value is -1.34. The molecule has 0 aliphatic heterocycles. The van der Waals surface area contributed by atoms with E-state index in [1.54, 1.807) is 11.3 Å². The van der Waals surface area contributed by atoms with Gasteiger partial charge in [0.05, 0.1) is 16.9 Å². The van der Waals surface area contributed by atoms with Crippen LogP contribution in [0.2, 0.25) is 0 Å². The van der Waals surface area contributed by atoms with E-state index in [2.05, 4.69) is 29.1 Å². The molecule has 1 amide bonds. The summed E-state index contributed by atoms with van der Waals surface area (Å²) in [6.45, 7) is 5.00. The Morgan fingerprint density at radius 2 is 2.16 bits per heavy atom. The van der Waals surface area contributed by atoms with Crippen LogP contribution in [0, 0.1) is 5.92 Å². The summed E-state index contributed by atoms with van der Waals surface area (Å²) >= 11 is 3.15. The number of nitrogens with zero attached hydrogens (tertiary/aromatic N) is 1. The van der Waals surface area contributed by atoms with E-state index in [0.29, 0.717) is 23.2 Å². The van der Waals surface area contributed by atoms with Crippen molar-refractivity contribution in [1.29, 1.82) is 0 Å². The second-order valence-corrected chi connectivity index (χ2v) is 9.00. The van der Waals surface area contributed by atoms with Crippen LogP contribution in [0.25, 0.3) is 10.2 Å². The second-order valence-electron chi connectivity index (χ2n) is 6.93. The number of nitrogens with one attached hydrogen (secondary N) is 2. The maximum atomic E-state index is 12.5. The number of aromatic nitrogens is 2.